The molecule has 0 saturated carbocycles. The molecule has 0 aromatic heterocycles. The first kappa shape index (κ1) is 18.9. The number of rotatable bonds is 6. The largest absolute Gasteiger partial charge is 0.493 e. The number of ketones is 1. The molecule has 8 heteroatoms. The first-order chi connectivity index (χ1) is 12.8. The third-order valence-corrected chi connectivity index (χ3v) is 5.85. The highest BCUT2D eigenvalue weighted by atomic mass is 32.2. The molecule has 1 heterocycles. The van der Waals surface area contributed by atoms with Crippen LogP contribution in [0.1, 0.15) is 15.9 Å². The molecule has 0 unspecified atom stereocenters. The lowest BCUT2D eigenvalue weighted by molar-refractivity contribution is 0.104. The second-order valence-electron chi connectivity index (χ2n) is 5.97. The lowest BCUT2D eigenvalue weighted by Crippen LogP contribution is -2.22. The summed E-state index contributed by atoms with van der Waals surface area (Å²) >= 11 is 0. The zero-order chi connectivity index (χ0) is 19.6. The van der Waals surface area contributed by atoms with Crippen LogP contribution in [0.2, 0.25) is 0 Å². The number of carbonyl (C=O) groups excluding carboxylic acids is 1. The smallest absolute Gasteiger partial charge is 0.242 e. The molecule has 27 heavy (non-hydrogen) atoms. The number of methoxy groups -OCH3 is 1. The van der Waals surface area contributed by atoms with Crippen LogP contribution in [-0.4, -0.2) is 46.5 Å². The molecule has 0 radical (unpaired) electrons. The van der Waals surface area contributed by atoms with E-state index in [1.165, 1.54) is 51.5 Å². The molecule has 0 N–H and O–H groups in total. The zero-order valence-corrected chi connectivity index (χ0v) is 15.9. The van der Waals surface area contributed by atoms with Crippen molar-refractivity contribution < 1.29 is 27.4 Å². The summed E-state index contributed by atoms with van der Waals surface area (Å²) in [4.78, 5) is 12.5. The van der Waals surface area contributed by atoms with Crippen molar-refractivity contribution in [1.29, 1.82) is 0 Å². The summed E-state index contributed by atoms with van der Waals surface area (Å²) in [6.45, 7) is 0.125. The standard InChI is InChI=1S/C19H19NO6S/c1-20(2)27(22,23)15-7-5-14(6-8-15)16(21)9-4-13-10-17(24-3)19-18(11-13)25-12-26-19/h4-11H,12H2,1-3H3/b9-4+. The van der Waals surface area contributed by atoms with Gasteiger partial charge in [0.1, 0.15) is 0 Å². The van der Waals surface area contributed by atoms with Gasteiger partial charge in [-0.25, -0.2) is 12.7 Å². The molecule has 0 aliphatic carbocycles. The van der Waals surface area contributed by atoms with Gasteiger partial charge in [-0.15, -0.1) is 0 Å². The molecular weight excluding hydrogens is 370 g/mol. The van der Waals surface area contributed by atoms with E-state index in [4.69, 9.17) is 14.2 Å². The highest BCUT2D eigenvalue weighted by Gasteiger charge is 2.20. The van der Waals surface area contributed by atoms with E-state index in [1.54, 1.807) is 18.2 Å². The molecule has 3 rings (SSSR count). The predicted molar refractivity (Wildman–Crippen MR) is 99.8 cm³/mol. The van der Waals surface area contributed by atoms with Crippen molar-refractivity contribution in [1.82, 2.24) is 4.31 Å². The van der Waals surface area contributed by atoms with Crippen molar-refractivity contribution in [3.63, 3.8) is 0 Å². The van der Waals surface area contributed by atoms with E-state index in [0.29, 0.717) is 22.8 Å². The van der Waals surface area contributed by atoms with Crippen molar-refractivity contribution in [3.8, 4) is 17.2 Å². The molecular formula is C19H19NO6S. The van der Waals surface area contributed by atoms with Crippen molar-refractivity contribution >= 4 is 21.9 Å². The number of hydrogen-bond acceptors (Lipinski definition) is 6. The molecule has 2 aromatic carbocycles. The molecule has 7 nitrogen and oxygen atoms in total. The van der Waals surface area contributed by atoms with Crippen LogP contribution >= 0.6 is 0 Å². The monoisotopic (exact) mass is 389 g/mol. The highest BCUT2D eigenvalue weighted by molar-refractivity contribution is 7.89. The summed E-state index contributed by atoms with van der Waals surface area (Å²) in [5.74, 6) is 1.37. The SMILES string of the molecule is COc1cc(/C=C/C(=O)c2ccc(S(=O)(=O)N(C)C)cc2)cc2c1OCO2. The fourth-order valence-electron chi connectivity index (χ4n) is 2.52. The Labute approximate surface area is 157 Å². The van der Waals surface area contributed by atoms with E-state index >= 15 is 0 Å². The molecule has 0 bridgehead atoms. The second-order valence-corrected chi connectivity index (χ2v) is 8.12. The van der Waals surface area contributed by atoms with Gasteiger partial charge >= 0.3 is 0 Å². The number of sulfonamides is 1. The number of benzene rings is 2. The van der Waals surface area contributed by atoms with Gasteiger partial charge in [0, 0.05) is 19.7 Å². The van der Waals surface area contributed by atoms with Crippen molar-refractivity contribution in [2.45, 2.75) is 4.90 Å². The van der Waals surface area contributed by atoms with E-state index in [9.17, 15) is 13.2 Å². The number of fused-ring (bicyclic) bond motifs is 1. The van der Waals surface area contributed by atoms with Gasteiger partial charge < -0.3 is 14.2 Å². The topological polar surface area (TPSA) is 82.1 Å². The maximum atomic E-state index is 12.4. The first-order valence-electron chi connectivity index (χ1n) is 8.05. The lowest BCUT2D eigenvalue weighted by atomic mass is 10.1. The highest BCUT2D eigenvalue weighted by Crippen LogP contribution is 2.42. The molecule has 0 atom stereocenters. The third kappa shape index (κ3) is 3.81. The summed E-state index contributed by atoms with van der Waals surface area (Å²) < 4.78 is 41.2. The Hall–Kier alpha value is -2.84. The van der Waals surface area contributed by atoms with E-state index < -0.39 is 10.0 Å². The quantitative estimate of drug-likeness (QED) is 0.558. The molecule has 0 saturated heterocycles. The Morgan fingerprint density at radius 2 is 1.85 bits per heavy atom. The molecule has 2 aromatic rings. The van der Waals surface area contributed by atoms with E-state index in [0.717, 1.165) is 9.87 Å². The van der Waals surface area contributed by atoms with Crippen molar-refractivity contribution in [2.75, 3.05) is 28.0 Å². The van der Waals surface area contributed by atoms with Crippen LogP contribution in [0.4, 0.5) is 0 Å². The van der Waals surface area contributed by atoms with Crippen LogP contribution in [0, 0.1) is 0 Å². The fourth-order valence-corrected chi connectivity index (χ4v) is 3.42. The number of hydrogen-bond donors (Lipinski definition) is 0. The van der Waals surface area contributed by atoms with Gasteiger partial charge in [0.2, 0.25) is 22.6 Å². The van der Waals surface area contributed by atoms with Gasteiger partial charge in [0.25, 0.3) is 0 Å². The molecule has 0 fully saturated rings. The molecule has 0 spiro atoms. The van der Waals surface area contributed by atoms with Crippen LogP contribution in [-0.2, 0) is 10.0 Å². The lowest BCUT2D eigenvalue weighted by Gasteiger charge is -2.11. The minimum absolute atomic E-state index is 0.125. The van der Waals surface area contributed by atoms with Crippen molar-refractivity contribution in [3.05, 3.63) is 53.6 Å². The van der Waals surface area contributed by atoms with Crippen LogP contribution in [0.3, 0.4) is 0 Å². The molecule has 1 aliphatic rings. The van der Waals surface area contributed by atoms with E-state index in [2.05, 4.69) is 0 Å². The first-order valence-corrected chi connectivity index (χ1v) is 9.49. The Bertz CT molecular complexity index is 994. The summed E-state index contributed by atoms with van der Waals surface area (Å²) in [5, 5.41) is 0. The fraction of sp³-hybridized carbons (Fsp3) is 0.211. The minimum atomic E-state index is -3.52. The van der Waals surface area contributed by atoms with Crippen LogP contribution in [0.15, 0.2) is 47.4 Å². The normalized spacial score (nSPS) is 13.3. The third-order valence-electron chi connectivity index (χ3n) is 4.03. The molecule has 0 amide bonds. The average molecular weight is 389 g/mol. The van der Waals surface area contributed by atoms with Gasteiger partial charge in [-0.1, -0.05) is 6.08 Å². The van der Waals surface area contributed by atoms with Gasteiger partial charge in [-0.05, 0) is 48.0 Å². The number of nitrogens with zero attached hydrogens (tertiary/aromatic N) is 1. The molecule has 1 aliphatic heterocycles. The maximum absolute atomic E-state index is 12.4. The average Bonchev–Trinajstić information content (AvgIpc) is 3.14. The zero-order valence-electron chi connectivity index (χ0n) is 15.1. The number of carbonyl (C=O) groups is 1. The molecule has 142 valence electrons. The van der Waals surface area contributed by atoms with Gasteiger partial charge in [-0.3, -0.25) is 4.79 Å². The van der Waals surface area contributed by atoms with Crippen molar-refractivity contribution in [2.24, 2.45) is 0 Å². The predicted octanol–water partition coefficient (Wildman–Crippen LogP) is 2.57. The summed E-state index contributed by atoms with van der Waals surface area (Å²) in [5.41, 5.74) is 1.10. The summed E-state index contributed by atoms with van der Waals surface area (Å²) in [7, 11) is 0.914. The van der Waals surface area contributed by atoms with E-state index in [-0.39, 0.29) is 17.5 Å². The Morgan fingerprint density at radius 1 is 1.15 bits per heavy atom. The van der Waals surface area contributed by atoms with E-state index in [1.807, 2.05) is 0 Å². The second kappa shape index (κ2) is 7.42. The Kier molecular flexibility index (Phi) is 5.20. The van der Waals surface area contributed by atoms with Gasteiger partial charge in [0.05, 0.1) is 12.0 Å². The van der Waals surface area contributed by atoms with Crippen LogP contribution < -0.4 is 14.2 Å². The van der Waals surface area contributed by atoms with Crippen LogP contribution in [0.25, 0.3) is 6.08 Å². The Balaban J connectivity index is 1.80. The maximum Gasteiger partial charge on any atom is 0.242 e. The Morgan fingerprint density at radius 3 is 2.48 bits per heavy atom. The van der Waals surface area contributed by atoms with Crippen LogP contribution in [0.5, 0.6) is 17.2 Å². The minimum Gasteiger partial charge on any atom is -0.493 e. The number of ether oxygens (including phenoxy) is 3. The van der Waals surface area contributed by atoms with Gasteiger partial charge in [-0.2, -0.15) is 0 Å². The number of allylic oxidation sites excluding steroid dienone is 1. The summed E-state index contributed by atoms with van der Waals surface area (Å²) in [6, 6.07) is 9.30. The van der Waals surface area contributed by atoms with Gasteiger partial charge in [0.15, 0.2) is 17.3 Å². The summed E-state index contributed by atoms with van der Waals surface area (Å²) in [6.07, 6.45) is 3.05.